The Kier molecular flexibility index (Phi) is 4.85. The first-order valence-corrected chi connectivity index (χ1v) is 7.65. The van der Waals surface area contributed by atoms with Crippen LogP contribution < -0.4 is 4.90 Å². The molecule has 128 valence electrons. The van der Waals surface area contributed by atoms with E-state index < -0.39 is 35.3 Å². The van der Waals surface area contributed by atoms with Gasteiger partial charge in [0.2, 0.25) is 11.6 Å². The molecule has 3 rings (SSSR count). The minimum absolute atomic E-state index is 0.0192. The predicted molar refractivity (Wildman–Crippen MR) is 81.4 cm³/mol. The second-order valence-electron chi connectivity index (χ2n) is 5.15. The van der Waals surface area contributed by atoms with E-state index in [1.165, 1.54) is 4.90 Å². The van der Waals surface area contributed by atoms with E-state index in [1.54, 1.807) is 18.2 Å². The third-order valence-electron chi connectivity index (χ3n) is 3.67. The highest BCUT2D eigenvalue weighted by atomic mass is 35.5. The average molecular weight is 381 g/mol. The average Bonchev–Trinajstić information content (AvgIpc) is 2.56. The van der Waals surface area contributed by atoms with Crippen molar-refractivity contribution in [2.75, 3.05) is 24.6 Å². The molecule has 1 aliphatic heterocycles. The highest BCUT2D eigenvalue weighted by Gasteiger charge is 2.30. The Morgan fingerprint density at radius 2 is 1.71 bits per heavy atom. The molecule has 2 aromatic rings. The normalized spacial score (nSPS) is 18.1. The van der Waals surface area contributed by atoms with Gasteiger partial charge in [0.05, 0.1) is 16.7 Å². The summed E-state index contributed by atoms with van der Waals surface area (Å²) in [5.41, 5.74) is -0.168. The van der Waals surface area contributed by atoms with Crippen molar-refractivity contribution in [3.05, 3.63) is 57.3 Å². The van der Waals surface area contributed by atoms with Crippen molar-refractivity contribution >= 4 is 28.9 Å². The van der Waals surface area contributed by atoms with Crippen LogP contribution in [0.5, 0.6) is 0 Å². The Labute approximate surface area is 144 Å². The molecule has 0 radical (unpaired) electrons. The second kappa shape index (κ2) is 6.74. The maximum Gasteiger partial charge on any atom is 0.253 e. The third kappa shape index (κ3) is 3.16. The van der Waals surface area contributed by atoms with Crippen LogP contribution in [0.1, 0.15) is 11.7 Å². The summed E-state index contributed by atoms with van der Waals surface area (Å²) in [6.07, 6.45) is -0.591. The molecule has 1 aromatic heterocycles. The molecule has 0 aliphatic carbocycles. The number of ether oxygens (including phenoxy) is 1. The Bertz CT molecular complexity index is 764. The lowest BCUT2D eigenvalue weighted by molar-refractivity contribution is 0.0392. The number of aromatic nitrogens is 1. The zero-order valence-corrected chi connectivity index (χ0v) is 13.5. The van der Waals surface area contributed by atoms with Crippen LogP contribution in [0.25, 0.3) is 0 Å². The molecule has 0 bridgehead atoms. The number of anilines is 1. The van der Waals surface area contributed by atoms with Gasteiger partial charge < -0.3 is 9.64 Å². The SMILES string of the molecule is Fc1nc(F)c(F)c(N2CCOC(c3ccc(Cl)c(Cl)c3)C2)c1F. The third-order valence-corrected chi connectivity index (χ3v) is 4.41. The molecule has 0 saturated carbocycles. The van der Waals surface area contributed by atoms with E-state index in [9.17, 15) is 17.6 Å². The summed E-state index contributed by atoms with van der Waals surface area (Å²) in [5, 5.41) is 0.650. The summed E-state index contributed by atoms with van der Waals surface area (Å²) in [4.78, 5) is 3.73. The van der Waals surface area contributed by atoms with Gasteiger partial charge in [0.1, 0.15) is 11.8 Å². The second-order valence-corrected chi connectivity index (χ2v) is 5.96. The number of halogens is 6. The lowest BCUT2D eigenvalue weighted by Gasteiger charge is -2.35. The van der Waals surface area contributed by atoms with Gasteiger partial charge in [-0.3, -0.25) is 0 Å². The van der Waals surface area contributed by atoms with E-state index in [1.807, 2.05) is 0 Å². The number of rotatable bonds is 2. The first-order valence-electron chi connectivity index (χ1n) is 6.90. The van der Waals surface area contributed by atoms with Crippen LogP contribution in [-0.4, -0.2) is 24.7 Å². The largest absolute Gasteiger partial charge is 0.370 e. The molecular formula is C15H10Cl2F4N2O. The summed E-state index contributed by atoms with van der Waals surface area (Å²) in [7, 11) is 0. The highest BCUT2D eigenvalue weighted by molar-refractivity contribution is 6.42. The van der Waals surface area contributed by atoms with E-state index in [4.69, 9.17) is 27.9 Å². The van der Waals surface area contributed by atoms with Gasteiger partial charge in [-0.1, -0.05) is 29.3 Å². The van der Waals surface area contributed by atoms with Crippen LogP contribution in [-0.2, 0) is 4.74 Å². The van der Waals surface area contributed by atoms with Gasteiger partial charge in [-0.05, 0) is 17.7 Å². The zero-order valence-electron chi connectivity index (χ0n) is 12.0. The fourth-order valence-electron chi connectivity index (χ4n) is 2.52. The molecule has 1 aromatic carbocycles. The number of nitrogens with zero attached hydrogens (tertiary/aromatic N) is 2. The van der Waals surface area contributed by atoms with Crippen LogP contribution in [0.3, 0.4) is 0 Å². The van der Waals surface area contributed by atoms with Gasteiger partial charge in [0.15, 0.2) is 0 Å². The molecule has 1 fully saturated rings. The maximum absolute atomic E-state index is 13.9. The monoisotopic (exact) mass is 380 g/mol. The van der Waals surface area contributed by atoms with E-state index in [0.717, 1.165) is 0 Å². The standard InChI is InChI=1S/C15H10Cl2F4N2O/c16-8-2-1-7(5-9(8)17)10-6-23(3-4-24-10)13-11(18)14(20)22-15(21)12(13)19/h1-2,5,10H,3-4,6H2. The summed E-state index contributed by atoms with van der Waals surface area (Å²) < 4.78 is 60.0. The fraction of sp³-hybridized carbons (Fsp3) is 0.267. The summed E-state index contributed by atoms with van der Waals surface area (Å²) in [6, 6.07) is 4.79. The van der Waals surface area contributed by atoms with Crippen molar-refractivity contribution in [2.24, 2.45) is 0 Å². The zero-order chi connectivity index (χ0) is 17.4. The number of benzene rings is 1. The first-order chi connectivity index (χ1) is 11.4. The quantitative estimate of drug-likeness (QED) is 0.565. The van der Waals surface area contributed by atoms with Crippen molar-refractivity contribution in [2.45, 2.75) is 6.10 Å². The molecule has 24 heavy (non-hydrogen) atoms. The molecule has 1 saturated heterocycles. The van der Waals surface area contributed by atoms with E-state index in [-0.39, 0.29) is 19.7 Å². The van der Waals surface area contributed by atoms with Crippen LogP contribution in [0.2, 0.25) is 10.0 Å². The predicted octanol–water partition coefficient (Wildman–Crippen LogP) is 4.52. The van der Waals surface area contributed by atoms with Crippen molar-refractivity contribution in [3.8, 4) is 0 Å². The summed E-state index contributed by atoms with van der Waals surface area (Å²) >= 11 is 11.8. The van der Waals surface area contributed by atoms with Crippen molar-refractivity contribution in [1.29, 1.82) is 0 Å². The van der Waals surface area contributed by atoms with E-state index in [0.29, 0.717) is 15.6 Å². The Hall–Kier alpha value is -1.57. The lowest BCUT2D eigenvalue weighted by atomic mass is 10.1. The molecule has 1 unspecified atom stereocenters. The van der Waals surface area contributed by atoms with Gasteiger partial charge >= 0.3 is 0 Å². The van der Waals surface area contributed by atoms with Gasteiger partial charge in [-0.2, -0.15) is 22.5 Å². The van der Waals surface area contributed by atoms with Gasteiger partial charge in [0.25, 0.3) is 11.9 Å². The van der Waals surface area contributed by atoms with Gasteiger partial charge in [-0.25, -0.2) is 0 Å². The fourth-order valence-corrected chi connectivity index (χ4v) is 2.83. The van der Waals surface area contributed by atoms with E-state index in [2.05, 4.69) is 4.98 Å². The Morgan fingerprint density at radius 1 is 1.04 bits per heavy atom. The topological polar surface area (TPSA) is 25.4 Å². The molecule has 2 heterocycles. The molecule has 0 N–H and O–H groups in total. The van der Waals surface area contributed by atoms with Crippen LogP contribution in [0.15, 0.2) is 18.2 Å². The first kappa shape index (κ1) is 17.3. The summed E-state index contributed by atoms with van der Waals surface area (Å²) in [6.45, 7) is 0.151. The number of morpholine rings is 1. The Balaban J connectivity index is 1.93. The molecule has 9 heteroatoms. The molecule has 1 atom stereocenters. The molecule has 3 nitrogen and oxygen atoms in total. The molecule has 0 spiro atoms. The van der Waals surface area contributed by atoms with E-state index >= 15 is 0 Å². The van der Waals surface area contributed by atoms with Crippen LogP contribution in [0.4, 0.5) is 23.2 Å². The van der Waals surface area contributed by atoms with Crippen molar-refractivity contribution in [1.82, 2.24) is 4.98 Å². The number of hydrogen-bond acceptors (Lipinski definition) is 3. The lowest BCUT2D eigenvalue weighted by Crippen LogP contribution is -2.39. The molecule has 0 amide bonds. The smallest absolute Gasteiger partial charge is 0.253 e. The highest BCUT2D eigenvalue weighted by Crippen LogP contribution is 2.33. The van der Waals surface area contributed by atoms with Gasteiger partial charge in [-0.15, -0.1) is 0 Å². The number of hydrogen-bond donors (Lipinski definition) is 0. The number of pyridine rings is 1. The Morgan fingerprint density at radius 3 is 2.33 bits per heavy atom. The maximum atomic E-state index is 13.9. The van der Waals surface area contributed by atoms with Crippen LogP contribution in [0, 0.1) is 23.5 Å². The van der Waals surface area contributed by atoms with Crippen LogP contribution >= 0.6 is 23.2 Å². The molecule has 1 aliphatic rings. The van der Waals surface area contributed by atoms with Crippen molar-refractivity contribution < 1.29 is 22.3 Å². The van der Waals surface area contributed by atoms with Crippen molar-refractivity contribution in [3.63, 3.8) is 0 Å². The summed E-state index contributed by atoms with van der Waals surface area (Å²) in [5.74, 6) is -6.46. The van der Waals surface area contributed by atoms with Gasteiger partial charge in [0, 0.05) is 13.1 Å². The minimum Gasteiger partial charge on any atom is -0.370 e. The molecular weight excluding hydrogens is 371 g/mol. The minimum atomic E-state index is -1.69.